The van der Waals surface area contributed by atoms with E-state index in [9.17, 15) is 4.79 Å². The Morgan fingerprint density at radius 3 is 3.00 bits per heavy atom. The molecule has 2 aromatic rings. The first-order chi connectivity index (χ1) is 8.81. The number of unbranched alkanes of at least 4 members (excludes halogenated alkanes) is 1. The van der Waals surface area contributed by atoms with Crippen LogP contribution >= 0.6 is 0 Å². The number of aliphatic hydroxyl groups excluding tert-OH is 1. The molecule has 0 aliphatic carbocycles. The summed E-state index contributed by atoms with van der Waals surface area (Å²) < 4.78 is 6.92. The summed E-state index contributed by atoms with van der Waals surface area (Å²) in [5.74, 6) is 0.984. The van der Waals surface area contributed by atoms with Gasteiger partial charge in [-0.05, 0) is 31.4 Å². The van der Waals surface area contributed by atoms with Gasteiger partial charge in [0.15, 0.2) is 12.0 Å². The van der Waals surface area contributed by atoms with Crippen LogP contribution in [0.4, 0.5) is 0 Å². The molecule has 0 aliphatic rings. The molecule has 0 saturated heterocycles. The lowest BCUT2D eigenvalue weighted by molar-refractivity contribution is 0.109. The van der Waals surface area contributed by atoms with Crippen LogP contribution in [-0.2, 0) is 13.0 Å². The molecule has 2 heterocycles. The maximum absolute atomic E-state index is 10.5. The van der Waals surface area contributed by atoms with E-state index in [1.165, 1.54) is 0 Å². The molecule has 1 N–H and O–H groups in total. The Morgan fingerprint density at radius 1 is 1.39 bits per heavy atom. The molecule has 0 amide bonds. The normalized spacial score (nSPS) is 10.7. The lowest BCUT2D eigenvalue weighted by Crippen LogP contribution is -1.98. The van der Waals surface area contributed by atoms with E-state index < -0.39 is 0 Å². The van der Waals surface area contributed by atoms with Crippen LogP contribution in [-0.4, -0.2) is 33.0 Å². The molecule has 0 spiro atoms. The van der Waals surface area contributed by atoms with Crippen molar-refractivity contribution < 1.29 is 14.3 Å². The van der Waals surface area contributed by atoms with Crippen molar-refractivity contribution in [3.8, 4) is 0 Å². The van der Waals surface area contributed by atoms with Gasteiger partial charge in [-0.15, -0.1) is 5.10 Å². The van der Waals surface area contributed by atoms with Gasteiger partial charge in [-0.25, -0.2) is 4.68 Å². The van der Waals surface area contributed by atoms with Crippen LogP contribution < -0.4 is 0 Å². The van der Waals surface area contributed by atoms with E-state index >= 15 is 0 Å². The third-order valence-corrected chi connectivity index (χ3v) is 2.54. The molecule has 6 heteroatoms. The minimum absolute atomic E-state index is 0.203. The average molecular weight is 249 g/mol. The minimum Gasteiger partial charge on any atom is -0.456 e. The molecule has 2 aromatic heterocycles. The number of aryl methyl sites for hydroxylation is 1. The number of furan rings is 1. The van der Waals surface area contributed by atoms with Gasteiger partial charge in [0.2, 0.25) is 0 Å². The smallest absolute Gasteiger partial charge is 0.185 e. The van der Waals surface area contributed by atoms with E-state index in [0.717, 1.165) is 25.0 Å². The third-order valence-electron chi connectivity index (χ3n) is 2.54. The van der Waals surface area contributed by atoms with Crippen molar-refractivity contribution in [2.75, 3.05) is 6.61 Å². The highest BCUT2D eigenvalue weighted by atomic mass is 16.3. The van der Waals surface area contributed by atoms with E-state index in [4.69, 9.17) is 9.52 Å². The minimum atomic E-state index is 0.203. The summed E-state index contributed by atoms with van der Waals surface area (Å²) in [6, 6.07) is 3.37. The van der Waals surface area contributed by atoms with Crippen molar-refractivity contribution in [2.45, 2.75) is 25.8 Å². The number of nitrogens with zero attached hydrogens (tertiary/aromatic N) is 3. The maximum atomic E-state index is 10.5. The summed E-state index contributed by atoms with van der Waals surface area (Å²) in [4.78, 5) is 10.5. The number of aromatic nitrogens is 3. The molecule has 18 heavy (non-hydrogen) atoms. The van der Waals surface area contributed by atoms with E-state index in [-0.39, 0.29) is 6.61 Å². The highest BCUT2D eigenvalue weighted by Gasteiger charge is 2.05. The first kappa shape index (κ1) is 12.5. The van der Waals surface area contributed by atoms with Crippen LogP contribution in [0.5, 0.6) is 0 Å². The van der Waals surface area contributed by atoms with Crippen molar-refractivity contribution in [3.63, 3.8) is 0 Å². The Morgan fingerprint density at radius 2 is 2.28 bits per heavy atom. The maximum Gasteiger partial charge on any atom is 0.185 e. The molecule has 0 bridgehead atoms. The number of aliphatic hydroxyl groups is 1. The van der Waals surface area contributed by atoms with Crippen LogP contribution in [0.25, 0.3) is 0 Å². The van der Waals surface area contributed by atoms with Gasteiger partial charge >= 0.3 is 0 Å². The number of hydrogen-bond donors (Lipinski definition) is 1. The molecule has 0 fully saturated rings. The first-order valence-electron chi connectivity index (χ1n) is 5.85. The zero-order valence-electron chi connectivity index (χ0n) is 9.95. The van der Waals surface area contributed by atoms with Crippen LogP contribution in [0.2, 0.25) is 0 Å². The van der Waals surface area contributed by atoms with Gasteiger partial charge in [-0.1, -0.05) is 5.21 Å². The van der Waals surface area contributed by atoms with Gasteiger partial charge in [0.05, 0.1) is 5.69 Å². The van der Waals surface area contributed by atoms with Gasteiger partial charge in [-0.3, -0.25) is 4.79 Å². The topological polar surface area (TPSA) is 81.2 Å². The monoisotopic (exact) mass is 249 g/mol. The van der Waals surface area contributed by atoms with Crippen molar-refractivity contribution >= 4 is 6.29 Å². The standard InChI is InChI=1S/C12H15N3O3/c16-6-2-1-3-10-7-15(14-13-10)8-11-4-5-12(9-17)18-11/h4-5,7,9,16H,1-3,6,8H2. The summed E-state index contributed by atoms with van der Waals surface area (Å²) in [5, 5.41) is 16.7. The van der Waals surface area contributed by atoms with Crippen LogP contribution in [0.1, 0.15) is 34.9 Å². The summed E-state index contributed by atoms with van der Waals surface area (Å²) in [5.41, 5.74) is 0.894. The molecule has 0 aliphatic heterocycles. The zero-order chi connectivity index (χ0) is 12.8. The molecular formula is C12H15N3O3. The lowest BCUT2D eigenvalue weighted by atomic mass is 10.2. The predicted octanol–water partition coefficient (Wildman–Crippen LogP) is 1.05. The molecular weight excluding hydrogens is 234 g/mol. The second-order valence-corrected chi connectivity index (χ2v) is 4.01. The fraction of sp³-hybridized carbons (Fsp3) is 0.417. The Kier molecular flexibility index (Phi) is 4.25. The Labute approximate surface area is 104 Å². The molecule has 0 unspecified atom stereocenters. The number of carbonyl (C=O) groups excluding carboxylic acids is 1. The van der Waals surface area contributed by atoms with Crippen molar-refractivity contribution in [1.82, 2.24) is 15.0 Å². The predicted molar refractivity (Wildman–Crippen MR) is 63.2 cm³/mol. The van der Waals surface area contributed by atoms with E-state index in [1.54, 1.807) is 16.8 Å². The number of rotatable bonds is 7. The molecule has 0 atom stereocenters. The fourth-order valence-electron chi connectivity index (χ4n) is 1.65. The van der Waals surface area contributed by atoms with Gasteiger partial charge in [-0.2, -0.15) is 0 Å². The second kappa shape index (κ2) is 6.11. The highest BCUT2D eigenvalue weighted by Crippen LogP contribution is 2.08. The SMILES string of the molecule is O=Cc1ccc(Cn2cc(CCCCO)nn2)o1. The van der Waals surface area contributed by atoms with Crippen molar-refractivity contribution in [2.24, 2.45) is 0 Å². The van der Waals surface area contributed by atoms with Crippen LogP contribution in [0, 0.1) is 0 Å². The highest BCUT2D eigenvalue weighted by molar-refractivity contribution is 5.70. The van der Waals surface area contributed by atoms with E-state index in [1.807, 2.05) is 6.20 Å². The summed E-state index contributed by atoms with van der Waals surface area (Å²) in [7, 11) is 0. The van der Waals surface area contributed by atoms with Gasteiger partial charge in [0.1, 0.15) is 12.3 Å². The Bertz CT molecular complexity index is 504. The van der Waals surface area contributed by atoms with E-state index in [2.05, 4.69) is 10.3 Å². The van der Waals surface area contributed by atoms with Crippen molar-refractivity contribution in [1.29, 1.82) is 0 Å². The summed E-state index contributed by atoms with van der Waals surface area (Å²) in [6.45, 7) is 0.663. The third kappa shape index (κ3) is 3.27. The summed E-state index contributed by atoms with van der Waals surface area (Å²) >= 11 is 0. The number of hydrogen-bond acceptors (Lipinski definition) is 5. The van der Waals surface area contributed by atoms with E-state index in [0.29, 0.717) is 24.4 Å². The van der Waals surface area contributed by atoms with Gasteiger partial charge in [0.25, 0.3) is 0 Å². The first-order valence-corrected chi connectivity index (χ1v) is 5.85. The molecule has 6 nitrogen and oxygen atoms in total. The van der Waals surface area contributed by atoms with Crippen molar-refractivity contribution in [3.05, 3.63) is 35.5 Å². The average Bonchev–Trinajstić information content (AvgIpc) is 3.00. The van der Waals surface area contributed by atoms with Crippen LogP contribution in [0.3, 0.4) is 0 Å². The zero-order valence-corrected chi connectivity index (χ0v) is 9.95. The Balaban J connectivity index is 1.91. The largest absolute Gasteiger partial charge is 0.456 e. The van der Waals surface area contributed by atoms with Gasteiger partial charge in [0, 0.05) is 12.8 Å². The second-order valence-electron chi connectivity index (χ2n) is 4.01. The molecule has 0 saturated carbocycles. The quantitative estimate of drug-likeness (QED) is 0.586. The van der Waals surface area contributed by atoms with Gasteiger partial charge < -0.3 is 9.52 Å². The molecule has 96 valence electrons. The lowest BCUT2D eigenvalue weighted by Gasteiger charge is -1.95. The van der Waals surface area contributed by atoms with Crippen LogP contribution in [0.15, 0.2) is 22.7 Å². The Hall–Kier alpha value is -1.95. The number of carbonyl (C=O) groups is 1. The molecule has 0 aromatic carbocycles. The summed E-state index contributed by atoms with van der Waals surface area (Å²) in [6.07, 6.45) is 4.99. The molecule has 2 rings (SSSR count). The number of aldehydes is 1. The fourth-order valence-corrected chi connectivity index (χ4v) is 1.65. The molecule has 0 radical (unpaired) electrons.